The van der Waals surface area contributed by atoms with Crippen molar-refractivity contribution in [1.82, 2.24) is 10.2 Å². The van der Waals surface area contributed by atoms with Crippen LogP contribution >= 0.6 is 11.3 Å². The largest absolute Gasteiger partial charge is 0.485 e. The van der Waals surface area contributed by atoms with Crippen LogP contribution in [0.1, 0.15) is 17.7 Å². The van der Waals surface area contributed by atoms with Gasteiger partial charge in [0.05, 0.1) is 0 Å². The third-order valence-electron chi connectivity index (χ3n) is 5.03. The highest BCUT2D eigenvalue weighted by Gasteiger charge is 2.28. The van der Waals surface area contributed by atoms with E-state index in [1.54, 1.807) is 0 Å². The van der Waals surface area contributed by atoms with Crippen molar-refractivity contribution in [3.63, 3.8) is 0 Å². The minimum absolute atomic E-state index is 0.0829. The van der Waals surface area contributed by atoms with E-state index in [1.165, 1.54) is 4.88 Å². The molecule has 6 heteroatoms. The Labute approximate surface area is 157 Å². The van der Waals surface area contributed by atoms with E-state index in [0.717, 1.165) is 32.5 Å². The van der Waals surface area contributed by atoms with Crippen molar-refractivity contribution < 1.29 is 14.3 Å². The Hall–Kier alpha value is -2.05. The lowest BCUT2D eigenvalue weighted by Crippen LogP contribution is -2.46. The van der Waals surface area contributed by atoms with Crippen LogP contribution in [0.15, 0.2) is 41.8 Å². The van der Waals surface area contributed by atoms with Crippen LogP contribution in [0.5, 0.6) is 11.5 Å². The maximum Gasteiger partial charge on any atom is 0.264 e. The zero-order chi connectivity index (χ0) is 17.8. The van der Waals surface area contributed by atoms with Crippen molar-refractivity contribution in [2.24, 2.45) is 5.92 Å². The van der Waals surface area contributed by atoms with Gasteiger partial charge < -0.3 is 14.8 Å². The first-order valence-corrected chi connectivity index (χ1v) is 10.1. The molecule has 1 aromatic carbocycles. The van der Waals surface area contributed by atoms with Crippen LogP contribution in [0.25, 0.3) is 0 Å². The van der Waals surface area contributed by atoms with E-state index in [1.807, 2.05) is 35.6 Å². The molecule has 1 aromatic heterocycles. The summed E-state index contributed by atoms with van der Waals surface area (Å²) in [5.74, 6) is 1.80. The van der Waals surface area contributed by atoms with Gasteiger partial charge in [0.1, 0.15) is 6.61 Å². The lowest BCUT2D eigenvalue weighted by Gasteiger charge is -2.32. The molecular formula is C20H24N2O3S. The predicted molar refractivity (Wildman–Crippen MR) is 102 cm³/mol. The summed E-state index contributed by atoms with van der Waals surface area (Å²) >= 11 is 1.82. The van der Waals surface area contributed by atoms with Crippen LogP contribution in [-0.2, 0) is 11.3 Å². The summed E-state index contributed by atoms with van der Waals surface area (Å²) < 4.78 is 11.4. The van der Waals surface area contributed by atoms with E-state index in [-0.39, 0.29) is 12.5 Å². The van der Waals surface area contributed by atoms with Crippen molar-refractivity contribution >= 4 is 17.2 Å². The van der Waals surface area contributed by atoms with E-state index in [2.05, 4.69) is 27.7 Å². The highest BCUT2D eigenvalue weighted by atomic mass is 32.1. The van der Waals surface area contributed by atoms with Crippen LogP contribution in [0.3, 0.4) is 0 Å². The Morgan fingerprint density at radius 1 is 1.15 bits per heavy atom. The highest BCUT2D eigenvalue weighted by Crippen LogP contribution is 2.30. The summed E-state index contributed by atoms with van der Waals surface area (Å²) in [4.78, 5) is 16.3. The molecule has 0 bridgehead atoms. The van der Waals surface area contributed by atoms with Crippen LogP contribution in [-0.4, -0.2) is 43.2 Å². The maximum atomic E-state index is 12.4. The molecule has 5 nitrogen and oxygen atoms in total. The number of hydrogen-bond acceptors (Lipinski definition) is 5. The van der Waals surface area contributed by atoms with Crippen LogP contribution in [0.2, 0.25) is 0 Å². The van der Waals surface area contributed by atoms with Gasteiger partial charge in [-0.2, -0.15) is 0 Å². The Balaban J connectivity index is 1.20. The maximum absolute atomic E-state index is 12.4. The second kappa shape index (κ2) is 8.10. The molecule has 26 heavy (non-hydrogen) atoms. The van der Waals surface area contributed by atoms with Gasteiger partial charge in [0.2, 0.25) is 6.10 Å². The molecule has 0 saturated carbocycles. The number of para-hydroxylation sites is 2. The highest BCUT2D eigenvalue weighted by molar-refractivity contribution is 7.09. The smallest absolute Gasteiger partial charge is 0.264 e. The molecule has 2 aromatic rings. The standard InChI is InChI=1S/C20H24N2O3S/c23-20(19-14-24-17-5-1-2-6-18(17)25-19)21-12-15-7-9-22(10-8-15)13-16-4-3-11-26-16/h1-6,11,15,19H,7-10,12-14H2,(H,21,23)/t19-/m0/s1. The van der Waals surface area contributed by atoms with Gasteiger partial charge in [0.15, 0.2) is 11.5 Å². The number of carbonyl (C=O) groups excluding carboxylic acids is 1. The van der Waals surface area contributed by atoms with Gasteiger partial charge in [0.25, 0.3) is 5.91 Å². The predicted octanol–water partition coefficient (Wildman–Crippen LogP) is 2.92. The molecule has 3 heterocycles. The summed E-state index contributed by atoms with van der Waals surface area (Å²) in [5, 5.41) is 5.18. The molecule has 1 amide bonds. The Morgan fingerprint density at radius 3 is 2.73 bits per heavy atom. The molecule has 1 N–H and O–H groups in total. The number of amides is 1. The normalized spacial score (nSPS) is 20.7. The fourth-order valence-electron chi connectivity index (χ4n) is 3.48. The summed E-state index contributed by atoms with van der Waals surface area (Å²) in [6.45, 7) is 4.21. The number of piperidine rings is 1. The second-order valence-corrected chi connectivity index (χ2v) is 7.94. The first-order chi connectivity index (χ1) is 12.8. The van der Waals surface area contributed by atoms with E-state index in [9.17, 15) is 4.79 Å². The molecule has 2 aliphatic heterocycles. The first kappa shape index (κ1) is 17.4. The van der Waals surface area contributed by atoms with Crippen LogP contribution in [0, 0.1) is 5.92 Å². The number of benzene rings is 1. The SMILES string of the molecule is O=C(NCC1CCN(Cc2cccs2)CC1)[C@@H]1COc2ccccc2O1. The molecule has 2 aliphatic rings. The van der Waals surface area contributed by atoms with Crippen LogP contribution < -0.4 is 14.8 Å². The third-order valence-corrected chi connectivity index (χ3v) is 5.89. The lowest BCUT2D eigenvalue weighted by molar-refractivity contribution is -0.130. The number of thiophene rings is 1. The molecule has 4 rings (SSSR count). The van der Waals surface area contributed by atoms with Gasteiger partial charge in [-0.1, -0.05) is 18.2 Å². The fraction of sp³-hybridized carbons (Fsp3) is 0.450. The molecule has 1 atom stereocenters. The Bertz CT molecular complexity index is 726. The quantitative estimate of drug-likeness (QED) is 0.877. The summed E-state index contributed by atoms with van der Waals surface area (Å²) in [5.41, 5.74) is 0. The molecule has 0 unspecified atom stereocenters. The molecule has 138 valence electrons. The number of carbonyl (C=O) groups is 1. The molecule has 1 fully saturated rings. The Kier molecular flexibility index (Phi) is 5.41. The van der Waals surface area contributed by atoms with Crippen molar-refractivity contribution in [3.05, 3.63) is 46.7 Å². The number of hydrogen-bond donors (Lipinski definition) is 1. The van der Waals surface area contributed by atoms with E-state index < -0.39 is 6.10 Å². The zero-order valence-electron chi connectivity index (χ0n) is 14.7. The summed E-state index contributed by atoms with van der Waals surface area (Å²) in [6.07, 6.45) is 1.68. The average Bonchev–Trinajstić information content (AvgIpc) is 3.20. The number of nitrogens with zero attached hydrogens (tertiary/aromatic N) is 1. The number of ether oxygens (including phenoxy) is 2. The monoisotopic (exact) mass is 372 g/mol. The first-order valence-electron chi connectivity index (χ1n) is 9.19. The van der Waals surface area contributed by atoms with Gasteiger partial charge in [-0.15, -0.1) is 11.3 Å². The molecule has 0 aliphatic carbocycles. The average molecular weight is 372 g/mol. The molecule has 1 saturated heterocycles. The van der Waals surface area contributed by atoms with Gasteiger partial charge in [0, 0.05) is 18.0 Å². The Morgan fingerprint density at radius 2 is 1.96 bits per heavy atom. The van der Waals surface area contributed by atoms with Crippen molar-refractivity contribution in [3.8, 4) is 11.5 Å². The van der Waals surface area contributed by atoms with Crippen molar-refractivity contribution in [2.45, 2.75) is 25.5 Å². The van der Waals surface area contributed by atoms with Gasteiger partial charge in [-0.05, 0) is 55.4 Å². The molecule has 0 radical (unpaired) electrons. The minimum atomic E-state index is -0.566. The van der Waals surface area contributed by atoms with E-state index in [4.69, 9.17) is 9.47 Å². The van der Waals surface area contributed by atoms with E-state index in [0.29, 0.717) is 24.0 Å². The number of fused-ring (bicyclic) bond motifs is 1. The fourth-order valence-corrected chi connectivity index (χ4v) is 4.23. The molecule has 0 spiro atoms. The summed E-state index contributed by atoms with van der Waals surface area (Å²) in [6, 6.07) is 11.8. The topological polar surface area (TPSA) is 50.8 Å². The van der Waals surface area contributed by atoms with E-state index >= 15 is 0 Å². The van der Waals surface area contributed by atoms with Crippen molar-refractivity contribution in [1.29, 1.82) is 0 Å². The summed E-state index contributed by atoms with van der Waals surface area (Å²) in [7, 11) is 0. The van der Waals surface area contributed by atoms with Crippen LogP contribution in [0.4, 0.5) is 0 Å². The van der Waals surface area contributed by atoms with Gasteiger partial charge in [-0.3, -0.25) is 9.69 Å². The van der Waals surface area contributed by atoms with Crippen molar-refractivity contribution in [2.75, 3.05) is 26.2 Å². The number of likely N-dealkylation sites (tertiary alicyclic amines) is 1. The number of rotatable bonds is 5. The molecular weight excluding hydrogens is 348 g/mol. The zero-order valence-corrected chi connectivity index (χ0v) is 15.5. The second-order valence-electron chi connectivity index (χ2n) is 6.91. The van der Waals surface area contributed by atoms with Gasteiger partial charge in [-0.25, -0.2) is 0 Å². The minimum Gasteiger partial charge on any atom is -0.485 e. The lowest BCUT2D eigenvalue weighted by atomic mass is 9.96. The number of nitrogens with one attached hydrogen (secondary N) is 1. The van der Waals surface area contributed by atoms with Gasteiger partial charge >= 0.3 is 0 Å². The third kappa shape index (κ3) is 4.19.